The minimum Gasteiger partial charge on any atom is -0.418 e. The number of benzene rings is 3. The summed E-state index contributed by atoms with van der Waals surface area (Å²) >= 11 is 0. The van der Waals surface area contributed by atoms with Crippen molar-refractivity contribution in [2.45, 2.75) is 20.0 Å². The van der Waals surface area contributed by atoms with Gasteiger partial charge >= 0.3 is 0 Å². The third kappa shape index (κ3) is 2.83. The molecule has 0 fully saturated rings. The molecule has 5 rings (SSSR count). The fourth-order valence-corrected chi connectivity index (χ4v) is 3.84. The Morgan fingerprint density at radius 3 is 2.18 bits per heavy atom. The lowest BCUT2D eigenvalue weighted by molar-refractivity contribution is 0.582. The van der Waals surface area contributed by atoms with Crippen molar-refractivity contribution in [3.05, 3.63) is 95.6 Å². The molecule has 0 amide bonds. The number of para-hydroxylation sites is 1. The standard InChI is InChI=1S/C24H21N3O/c1-16-13-17(2)15-19(14-16)21-25-24-22(27(21)20-11-7-4-8-12-20)26-23(28-24)18-9-5-3-6-10-18/h3-15,21,25H,1-2H3. The number of aromatic nitrogens is 1. The first-order chi connectivity index (χ1) is 13.7. The molecule has 1 aliphatic heterocycles. The summed E-state index contributed by atoms with van der Waals surface area (Å²) in [6.45, 7) is 4.25. The zero-order valence-corrected chi connectivity index (χ0v) is 15.9. The lowest BCUT2D eigenvalue weighted by atomic mass is 10.0. The Kier molecular flexibility index (Phi) is 3.90. The van der Waals surface area contributed by atoms with Crippen LogP contribution in [0.15, 0.2) is 83.3 Å². The van der Waals surface area contributed by atoms with Gasteiger partial charge in [0.05, 0.1) is 0 Å². The van der Waals surface area contributed by atoms with Crippen molar-refractivity contribution in [1.82, 2.24) is 4.98 Å². The number of rotatable bonds is 3. The number of hydrogen-bond donors (Lipinski definition) is 1. The number of nitrogens with one attached hydrogen (secondary N) is 1. The summed E-state index contributed by atoms with van der Waals surface area (Å²) in [6.07, 6.45) is -0.0629. The highest BCUT2D eigenvalue weighted by molar-refractivity contribution is 5.79. The predicted molar refractivity (Wildman–Crippen MR) is 113 cm³/mol. The molecular weight excluding hydrogens is 346 g/mol. The van der Waals surface area contributed by atoms with Crippen molar-refractivity contribution < 1.29 is 4.42 Å². The van der Waals surface area contributed by atoms with Gasteiger partial charge in [-0.05, 0) is 43.7 Å². The van der Waals surface area contributed by atoms with Crippen molar-refractivity contribution in [2.75, 3.05) is 10.2 Å². The van der Waals surface area contributed by atoms with E-state index >= 15 is 0 Å². The molecule has 0 bridgehead atoms. The number of nitrogens with zero attached hydrogens (tertiary/aromatic N) is 2. The maximum Gasteiger partial charge on any atom is 0.241 e. The molecule has 4 aromatic rings. The van der Waals surface area contributed by atoms with E-state index in [1.54, 1.807) is 0 Å². The molecule has 3 aromatic carbocycles. The number of oxazole rings is 1. The van der Waals surface area contributed by atoms with E-state index in [1.165, 1.54) is 16.7 Å². The predicted octanol–water partition coefficient (Wildman–Crippen LogP) is 6.22. The first kappa shape index (κ1) is 16.6. The summed E-state index contributed by atoms with van der Waals surface area (Å²) in [5.74, 6) is 2.14. The van der Waals surface area contributed by atoms with Crippen LogP contribution in [0.5, 0.6) is 0 Å². The van der Waals surface area contributed by atoms with Crippen LogP contribution in [-0.4, -0.2) is 4.98 Å². The van der Waals surface area contributed by atoms with Crippen molar-refractivity contribution in [3.8, 4) is 11.5 Å². The Morgan fingerprint density at radius 2 is 1.50 bits per heavy atom. The van der Waals surface area contributed by atoms with Gasteiger partial charge in [-0.2, -0.15) is 4.98 Å². The van der Waals surface area contributed by atoms with Gasteiger partial charge in [-0.25, -0.2) is 0 Å². The van der Waals surface area contributed by atoms with E-state index in [4.69, 9.17) is 9.40 Å². The van der Waals surface area contributed by atoms with E-state index < -0.39 is 0 Å². The minimum atomic E-state index is -0.0629. The van der Waals surface area contributed by atoms with Gasteiger partial charge in [-0.3, -0.25) is 4.90 Å². The lowest BCUT2D eigenvalue weighted by Gasteiger charge is -2.26. The number of hydrogen-bond acceptors (Lipinski definition) is 4. The molecule has 1 aromatic heterocycles. The largest absolute Gasteiger partial charge is 0.418 e. The Labute approximate surface area is 164 Å². The molecule has 0 aliphatic carbocycles. The molecule has 0 saturated carbocycles. The lowest BCUT2D eigenvalue weighted by Crippen LogP contribution is -2.24. The van der Waals surface area contributed by atoms with Gasteiger partial charge < -0.3 is 9.73 Å². The second-order valence-electron chi connectivity index (χ2n) is 7.21. The van der Waals surface area contributed by atoms with E-state index in [1.807, 2.05) is 48.5 Å². The second-order valence-corrected chi connectivity index (χ2v) is 7.21. The average molecular weight is 367 g/mol. The van der Waals surface area contributed by atoms with E-state index in [0.717, 1.165) is 17.1 Å². The van der Waals surface area contributed by atoms with Crippen molar-refractivity contribution in [3.63, 3.8) is 0 Å². The Hall–Kier alpha value is -3.53. The topological polar surface area (TPSA) is 41.3 Å². The number of aryl methyl sites for hydroxylation is 2. The molecule has 0 spiro atoms. The van der Waals surface area contributed by atoms with Crippen LogP contribution in [0.25, 0.3) is 11.5 Å². The molecule has 28 heavy (non-hydrogen) atoms. The van der Waals surface area contributed by atoms with Crippen LogP contribution in [0.3, 0.4) is 0 Å². The summed E-state index contributed by atoms with van der Waals surface area (Å²) in [5, 5.41) is 3.54. The van der Waals surface area contributed by atoms with Crippen LogP contribution in [0.4, 0.5) is 17.4 Å². The van der Waals surface area contributed by atoms with Gasteiger partial charge in [0.25, 0.3) is 0 Å². The van der Waals surface area contributed by atoms with Gasteiger partial charge in [-0.1, -0.05) is 65.7 Å². The van der Waals surface area contributed by atoms with Crippen LogP contribution in [-0.2, 0) is 0 Å². The molecule has 138 valence electrons. The van der Waals surface area contributed by atoms with Crippen molar-refractivity contribution in [2.24, 2.45) is 0 Å². The van der Waals surface area contributed by atoms with Gasteiger partial charge in [-0.15, -0.1) is 0 Å². The van der Waals surface area contributed by atoms with E-state index in [9.17, 15) is 0 Å². The molecule has 1 N–H and O–H groups in total. The van der Waals surface area contributed by atoms with Crippen molar-refractivity contribution >= 4 is 17.4 Å². The van der Waals surface area contributed by atoms with E-state index in [2.05, 4.69) is 54.4 Å². The van der Waals surface area contributed by atoms with Gasteiger partial charge in [0.15, 0.2) is 5.82 Å². The fraction of sp³-hybridized carbons (Fsp3) is 0.125. The molecular formula is C24H21N3O. The Morgan fingerprint density at radius 1 is 0.857 bits per heavy atom. The van der Waals surface area contributed by atoms with Gasteiger partial charge in [0.1, 0.15) is 6.17 Å². The fourth-order valence-electron chi connectivity index (χ4n) is 3.84. The SMILES string of the molecule is Cc1cc(C)cc(C2Nc3oc(-c4ccccc4)nc3N2c2ccccc2)c1. The average Bonchev–Trinajstić information content (AvgIpc) is 3.26. The van der Waals surface area contributed by atoms with E-state index in [0.29, 0.717) is 11.8 Å². The maximum absolute atomic E-state index is 6.11. The van der Waals surface area contributed by atoms with Crippen LogP contribution >= 0.6 is 0 Å². The molecule has 1 aliphatic rings. The number of fused-ring (bicyclic) bond motifs is 1. The molecule has 2 heterocycles. The first-order valence-corrected chi connectivity index (χ1v) is 9.44. The number of anilines is 3. The monoisotopic (exact) mass is 367 g/mol. The molecule has 1 atom stereocenters. The zero-order valence-electron chi connectivity index (χ0n) is 15.9. The highest BCUT2D eigenvalue weighted by Gasteiger charge is 2.36. The van der Waals surface area contributed by atoms with Crippen LogP contribution in [0, 0.1) is 13.8 Å². The minimum absolute atomic E-state index is 0.0629. The highest BCUT2D eigenvalue weighted by atomic mass is 16.4. The summed E-state index contributed by atoms with van der Waals surface area (Å²) in [6, 6.07) is 26.9. The van der Waals surface area contributed by atoms with Crippen molar-refractivity contribution in [1.29, 1.82) is 0 Å². The zero-order chi connectivity index (χ0) is 19.1. The van der Waals surface area contributed by atoms with Crippen LogP contribution < -0.4 is 10.2 Å². The molecule has 0 radical (unpaired) electrons. The summed E-state index contributed by atoms with van der Waals surface area (Å²) < 4.78 is 6.11. The third-order valence-corrected chi connectivity index (χ3v) is 4.98. The molecule has 0 saturated heterocycles. The third-order valence-electron chi connectivity index (χ3n) is 4.98. The Bertz CT molecular complexity index is 1100. The quantitative estimate of drug-likeness (QED) is 0.467. The maximum atomic E-state index is 6.11. The normalized spacial score (nSPS) is 15.4. The highest BCUT2D eigenvalue weighted by Crippen LogP contribution is 2.47. The summed E-state index contributed by atoms with van der Waals surface area (Å²) in [7, 11) is 0. The van der Waals surface area contributed by atoms with Gasteiger partial charge in [0, 0.05) is 11.3 Å². The van der Waals surface area contributed by atoms with Crippen LogP contribution in [0.2, 0.25) is 0 Å². The molecule has 4 heteroatoms. The Balaban J connectivity index is 1.62. The smallest absolute Gasteiger partial charge is 0.241 e. The van der Waals surface area contributed by atoms with Gasteiger partial charge in [0.2, 0.25) is 11.8 Å². The molecule has 1 unspecified atom stereocenters. The summed E-state index contributed by atoms with van der Waals surface area (Å²) in [4.78, 5) is 7.04. The van der Waals surface area contributed by atoms with Crippen LogP contribution in [0.1, 0.15) is 22.9 Å². The summed E-state index contributed by atoms with van der Waals surface area (Å²) in [5.41, 5.74) is 5.72. The van der Waals surface area contributed by atoms with E-state index in [-0.39, 0.29) is 6.17 Å². The molecule has 4 nitrogen and oxygen atoms in total. The first-order valence-electron chi connectivity index (χ1n) is 9.44. The second kappa shape index (κ2) is 6.57.